The van der Waals surface area contributed by atoms with E-state index in [2.05, 4.69) is 44.7 Å². The molecule has 84 valence electrons. The van der Waals surface area contributed by atoms with E-state index in [0.717, 1.165) is 17.6 Å². The fourth-order valence-electron chi connectivity index (χ4n) is 2.38. The molecule has 1 aliphatic rings. The predicted octanol–water partition coefficient (Wildman–Crippen LogP) is 2.79. The molecule has 1 aromatic heterocycles. The highest BCUT2D eigenvalue weighted by atomic mass is 79.9. The largest absolute Gasteiger partial charge is 0.318 e. The van der Waals surface area contributed by atoms with Crippen molar-refractivity contribution in [3.8, 4) is 0 Å². The van der Waals surface area contributed by atoms with Crippen LogP contribution in [0.25, 0.3) is 0 Å². The Hall–Kier alpha value is -0.380. The number of aryl methyl sites for hydroxylation is 1. The first kappa shape index (κ1) is 11.1. The van der Waals surface area contributed by atoms with Crippen LogP contribution in [0.1, 0.15) is 43.8 Å². The molecular formula is C11H18BrN3. The minimum Gasteiger partial charge on any atom is -0.318 e. The smallest absolute Gasteiger partial charge is 0.136 e. The second-order valence-electron chi connectivity index (χ2n) is 4.66. The number of nitrogens with zero attached hydrogens (tertiary/aromatic N) is 3. The molecule has 1 aliphatic carbocycles. The summed E-state index contributed by atoms with van der Waals surface area (Å²) < 4.78 is 2.13. The number of hydrogen-bond acceptors (Lipinski definition) is 2. The van der Waals surface area contributed by atoms with Crippen LogP contribution in [0.2, 0.25) is 0 Å². The zero-order chi connectivity index (χ0) is 11.0. The third kappa shape index (κ3) is 2.10. The van der Waals surface area contributed by atoms with Crippen LogP contribution >= 0.6 is 15.9 Å². The molecule has 3 atom stereocenters. The molecule has 0 aromatic carbocycles. The second-order valence-corrected chi connectivity index (χ2v) is 5.95. The molecule has 1 heterocycles. The zero-order valence-corrected chi connectivity index (χ0v) is 11.2. The Morgan fingerprint density at radius 1 is 1.33 bits per heavy atom. The Labute approximate surface area is 99.4 Å². The number of rotatable bonds is 1. The summed E-state index contributed by atoms with van der Waals surface area (Å²) in [7, 11) is 2.06. The van der Waals surface area contributed by atoms with Gasteiger partial charge in [0.15, 0.2) is 0 Å². The molecule has 0 radical (unpaired) electrons. The molecule has 1 aromatic rings. The summed E-state index contributed by atoms with van der Waals surface area (Å²) in [5.74, 6) is 3.45. The van der Waals surface area contributed by atoms with E-state index in [1.807, 2.05) is 6.92 Å². The van der Waals surface area contributed by atoms with Gasteiger partial charge in [0.2, 0.25) is 0 Å². The lowest BCUT2D eigenvalue weighted by molar-refractivity contribution is 0.323. The molecular weight excluding hydrogens is 254 g/mol. The van der Waals surface area contributed by atoms with Crippen molar-refractivity contribution in [1.29, 1.82) is 0 Å². The lowest BCUT2D eigenvalue weighted by Crippen LogP contribution is -2.24. The van der Waals surface area contributed by atoms with Gasteiger partial charge in [-0.3, -0.25) is 0 Å². The van der Waals surface area contributed by atoms with Gasteiger partial charge in [0.25, 0.3) is 0 Å². The van der Waals surface area contributed by atoms with Crippen molar-refractivity contribution in [2.75, 3.05) is 0 Å². The van der Waals surface area contributed by atoms with Crippen molar-refractivity contribution in [3.63, 3.8) is 0 Å². The van der Waals surface area contributed by atoms with E-state index in [-0.39, 0.29) is 0 Å². The third-order valence-corrected chi connectivity index (χ3v) is 4.42. The fourth-order valence-corrected chi connectivity index (χ4v) is 3.04. The monoisotopic (exact) mass is 271 g/mol. The van der Waals surface area contributed by atoms with E-state index in [4.69, 9.17) is 0 Å². The number of halogens is 1. The molecule has 1 fully saturated rings. The molecule has 15 heavy (non-hydrogen) atoms. The fraction of sp³-hybridized carbons (Fsp3) is 0.818. The quantitative estimate of drug-likeness (QED) is 0.736. The maximum Gasteiger partial charge on any atom is 0.136 e. The average molecular weight is 272 g/mol. The summed E-state index contributed by atoms with van der Waals surface area (Å²) in [5.41, 5.74) is 0. The summed E-state index contributed by atoms with van der Waals surface area (Å²) in [4.78, 5) is 0.649. The summed E-state index contributed by atoms with van der Waals surface area (Å²) >= 11 is 3.73. The van der Waals surface area contributed by atoms with Crippen molar-refractivity contribution in [2.45, 2.75) is 43.9 Å². The van der Waals surface area contributed by atoms with Gasteiger partial charge >= 0.3 is 0 Å². The standard InChI is InChI=1S/C11H18BrN3/c1-7-4-5-9(12)6-10(7)11-14-13-8(2)15(11)3/h7,9-10H,4-6H2,1-3H3. The van der Waals surface area contributed by atoms with Crippen LogP contribution in [0.15, 0.2) is 0 Å². The lowest BCUT2D eigenvalue weighted by Gasteiger charge is -2.30. The normalized spacial score (nSPS) is 31.9. The summed E-state index contributed by atoms with van der Waals surface area (Å²) in [5, 5.41) is 8.46. The van der Waals surface area contributed by atoms with E-state index in [0.29, 0.717) is 10.7 Å². The van der Waals surface area contributed by atoms with Crippen molar-refractivity contribution in [2.24, 2.45) is 13.0 Å². The Balaban J connectivity index is 2.25. The second kappa shape index (κ2) is 4.24. The molecule has 0 bridgehead atoms. The van der Waals surface area contributed by atoms with Crippen molar-refractivity contribution in [1.82, 2.24) is 14.8 Å². The van der Waals surface area contributed by atoms with Crippen molar-refractivity contribution in [3.05, 3.63) is 11.6 Å². The molecule has 0 spiro atoms. The first-order valence-corrected chi connectivity index (χ1v) is 6.51. The Morgan fingerprint density at radius 3 is 2.67 bits per heavy atom. The molecule has 0 amide bonds. The first-order chi connectivity index (χ1) is 7.09. The molecule has 1 saturated carbocycles. The SMILES string of the molecule is Cc1nnc(C2CC(Br)CCC2C)n1C. The van der Waals surface area contributed by atoms with Crippen LogP contribution in [-0.2, 0) is 7.05 Å². The summed E-state index contributed by atoms with van der Waals surface area (Å²) in [6.45, 7) is 4.34. The van der Waals surface area contributed by atoms with Crippen LogP contribution in [0, 0.1) is 12.8 Å². The minimum atomic E-state index is 0.564. The minimum absolute atomic E-state index is 0.564. The maximum atomic E-state index is 4.32. The van der Waals surface area contributed by atoms with Crippen LogP contribution in [0.5, 0.6) is 0 Å². The molecule has 3 unspecified atom stereocenters. The van der Waals surface area contributed by atoms with Gasteiger partial charge in [-0.15, -0.1) is 10.2 Å². The third-order valence-electron chi connectivity index (χ3n) is 3.59. The van der Waals surface area contributed by atoms with Crippen LogP contribution in [-0.4, -0.2) is 19.6 Å². The van der Waals surface area contributed by atoms with E-state index in [1.54, 1.807) is 0 Å². The van der Waals surface area contributed by atoms with Gasteiger partial charge in [0.1, 0.15) is 11.6 Å². The number of alkyl halides is 1. The topological polar surface area (TPSA) is 30.7 Å². The lowest BCUT2D eigenvalue weighted by atomic mass is 9.80. The van der Waals surface area contributed by atoms with Gasteiger partial charge < -0.3 is 4.57 Å². The molecule has 3 nitrogen and oxygen atoms in total. The molecule has 0 N–H and O–H groups in total. The van der Waals surface area contributed by atoms with E-state index in [9.17, 15) is 0 Å². The maximum absolute atomic E-state index is 4.32. The Bertz CT molecular complexity index is 348. The van der Waals surface area contributed by atoms with E-state index < -0.39 is 0 Å². The molecule has 0 aliphatic heterocycles. The Morgan fingerprint density at radius 2 is 2.07 bits per heavy atom. The first-order valence-electron chi connectivity index (χ1n) is 5.59. The van der Waals surface area contributed by atoms with Crippen molar-refractivity contribution < 1.29 is 0 Å². The van der Waals surface area contributed by atoms with Crippen LogP contribution in [0.4, 0.5) is 0 Å². The molecule has 2 rings (SSSR count). The van der Waals surface area contributed by atoms with Gasteiger partial charge in [0.05, 0.1) is 0 Å². The van der Waals surface area contributed by atoms with Gasteiger partial charge in [-0.05, 0) is 32.1 Å². The van der Waals surface area contributed by atoms with Crippen molar-refractivity contribution >= 4 is 15.9 Å². The molecule has 0 saturated heterocycles. The highest BCUT2D eigenvalue weighted by molar-refractivity contribution is 9.09. The van der Waals surface area contributed by atoms with Gasteiger partial charge in [0, 0.05) is 17.8 Å². The van der Waals surface area contributed by atoms with Crippen LogP contribution in [0.3, 0.4) is 0 Å². The van der Waals surface area contributed by atoms with E-state index in [1.165, 1.54) is 19.3 Å². The zero-order valence-electron chi connectivity index (χ0n) is 9.57. The predicted molar refractivity (Wildman–Crippen MR) is 64.2 cm³/mol. The number of hydrogen-bond donors (Lipinski definition) is 0. The van der Waals surface area contributed by atoms with Gasteiger partial charge in [-0.1, -0.05) is 22.9 Å². The van der Waals surface area contributed by atoms with Gasteiger partial charge in [-0.2, -0.15) is 0 Å². The van der Waals surface area contributed by atoms with E-state index >= 15 is 0 Å². The average Bonchev–Trinajstić information content (AvgIpc) is 2.52. The van der Waals surface area contributed by atoms with Crippen LogP contribution < -0.4 is 0 Å². The van der Waals surface area contributed by atoms with Gasteiger partial charge in [-0.25, -0.2) is 0 Å². The summed E-state index contributed by atoms with van der Waals surface area (Å²) in [6, 6.07) is 0. The molecule has 4 heteroatoms. The Kier molecular flexibility index (Phi) is 3.14. The number of aromatic nitrogens is 3. The highest BCUT2D eigenvalue weighted by Gasteiger charge is 2.30. The highest BCUT2D eigenvalue weighted by Crippen LogP contribution is 2.39. The summed E-state index contributed by atoms with van der Waals surface area (Å²) in [6.07, 6.45) is 3.76.